The SMILES string of the molecule is COc1ccc(CCNC(=O)CSc2nnc(N)s2)cc1. The minimum atomic E-state index is -0.0257. The van der Waals surface area contributed by atoms with Gasteiger partial charge in [0.05, 0.1) is 12.9 Å². The zero-order valence-electron chi connectivity index (χ0n) is 11.5. The number of benzene rings is 1. The third-order valence-electron chi connectivity index (χ3n) is 2.64. The fourth-order valence-corrected chi connectivity index (χ4v) is 3.06. The van der Waals surface area contributed by atoms with Crippen molar-refractivity contribution < 1.29 is 9.53 Å². The molecule has 2 rings (SSSR count). The quantitative estimate of drug-likeness (QED) is 0.752. The number of aromatic nitrogens is 2. The first-order valence-corrected chi connectivity index (χ1v) is 8.09. The lowest BCUT2D eigenvalue weighted by Crippen LogP contribution is -2.27. The zero-order valence-corrected chi connectivity index (χ0v) is 13.2. The summed E-state index contributed by atoms with van der Waals surface area (Å²) in [5.41, 5.74) is 6.63. The predicted molar refractivity (Wildman–Crippen MR) is 84.8 cm³/mol. The molecule has 1 aromatic heterocycles. The lowest BCUT2D eigenvalue weighted by molar-refractivity contribution is -0.118. The smallest absolute Gasteiger partial charge is 0.230 e. The van der Waals surface area contributed by atoms with Gasteiger partial charge in [0, 0.05) is 6.54 Å². The van der Waals surface area contributed by atoms with Crippen LogP contribution in [0.3, 0.4) is 0 Å². The molecule has 0 aliphatic heterocycles. The molecule has 0 aliphatic carbocycles. The first-order valence-electron chi connectivity index (χ1n) is 6.29. The van der Waals surface area contributed by atoms with Crippen LogP contribution in [0, 0.1) is 0 Å². The average Bonchev–Trinajstić information content (AvgIpc) is 2.91. The summed E-state index contributed by atoms with van der Waals surface area (Å²) in [7, 11) is 1.64. The van der Waals surface area contributed by atoms with E-state index in [-0.39, 0.29) is 5.91 Å². The molecule has 0 unspecified atom stereocenters. The van der Waals surface area contributed by atoms with Crippen molar-refractivity contribution in [2.24, 2.45) is 0 Å². The first kappa shape index (κ1) is 15.6. The summed E-state index contributed by atoms with van der Waals surface area (Å²) in [5, 5.41) is 10.8. The molecule has 1 aromatic carbocycles. The van der Waals surface area contributed by atoms with Gasteiger partial charge in [-0.3, -0.25) is 4.79 Å². The predicted octanol–water partition coefficient (Wildman–Crippen LogP) is 1.58. The molecule has 0 radical (unpaired) electrons. The molecule has 0 atom stereocenters. The number of amides is 1. The number of thioether (sulfide) groups is 1. The normalized spacial score (nSPS) is 10.3. The molecule has 1 amide bonds. The Labute approximate surface area is 131 Å². The lowest BCUT2D eigenvalue weighted by Gasteiger charge is -2.05. The molecule has 8 heteroatoms. The van der Waals surface area contributed by atoms with Crippen LogP contribution in [0.4, 0.5) is 5.13 Å². The maximum atomic E-state index is 11.7. The minimum absolute atomic E-state index is 0.0257. The third kappa shape index (κ3) is 5.24. The number of carbonyl (C=O) groups excluding carboxylic acids is 1. The van der Waals surface area contributed by atoms with Crippen molar-refractivity contribution in [1.82, 2.24) is 15.5 Å². The van der Waals surface area contributed by atoms with E-state index < -0.39 is 0 Å². The highest BCUT2D eigenvalue weighted by Gasteiger charge is 2.06. The Hall–Kier alpha value is -1.80. The Morgan fingerprint density at radius 3 is 2.76 bits per heavy atom. The molecule has 3 N–H and O–H groups in total. The van der Waals surface area contributed by atoms with E-state index in [9.17, 15) is 4.79 Å². The molecule has 0 spiro atoms. The van der Waals surface area contributed by atoms with Crippen LogP contribution in [-0.2, 0) is 11.2 Å². The van der Waals surface area contributed by atoms with Crippen molar-refractivity contribution in [3.05, 3.63) is 29.8 Å². The number of nitrogens with zero attached hydrogens (tertiary/aromatic N) is 2. The van der Waals surface area contributed by atoms with Gasteiger partial charge in [-0.05, 0) is 24.1 Å². The second kappa shape index (κ2) is 7.84. The number of nitrogen functional groups attached to an aromatic ring is 1. The van der Waals surface area contributed by atoms with E-state index in [2.05, 4.69) is 15.5 Å². The van der Waals surface area contributed by atoms with Gasteiger partial charge in [-0.1, -0.05) is 35.2 Å². The summed E-state index contributed by atoms with van der Waals surface area (Å²) in [4.78, 5) is 11.7. The zero-order chi connectivity index (χ0) is 15.1. The van der Waals surface area contributed by atoms with Crippen molar-refractivity contribution in [2.75, 3.05) is 25.1 Å². The van der Waals surface area contributed by atoms with E-state index in [0.29, 0.717) is 21.8 Å². The number of anilines is 1. The molecule has 0 saturated carbocycles. The maximum Gasteiger partial charge on any atom is 0.230 e. The second-order valence-corrected chi connectivity index (χ2v) is 6.37. The third-order valence-corrected chi connectivity index (χ3v) is 4.53. The van der Waals surface area contributed by atoms with Crippen molar-refractivity contribution in [3.8, 4) is 5.75 Å². The largest absolute Gasteiger partial charge is 0.497 e. The summed E-state index contributed by atoms with van der Waals surface area (Å²) >= 11 is 2.62. The summed E-state index contributed by atoms with van der Waals surface area (Å²) in [6, 6.07) is 7.80. The van der Waals surface area contributed by atoms with E-state index in [4.69, 9.17) is 10.5 Å². The van der Waals surface area contributed by atoms with Crippen LogP contribution >= 0.6 is 23.1 Å². The number of nitrogens with one attached hydrogen (secondary N) is 1. The van der Waals surface area contributed by atoms with Gasteiger partial charge in [-0.25, -0.2) is 0 Å². The van der Waals surface area contributed by atoms with E-state index >= 15 is 0 Å². The average molecular weight is 324 g/mol. The molecule has 21 heavy (non-hydrogen) atoms. The van der Waals surface area contributed by atoms with Crippen LogP contribution in [-0.4, -0.2) is 35.5 Å². The van der Waals surface area contributed by atoms with Crippen molar-refractivity contribution in [1.29, 1.82) is 0 Å². The topological polar surface area (TPSA) is 90.1 Å². The van der Waals surface area contributed by atoms with Crippen molar-refractivity contribution in [2.45, 2.75) is 10.8 Å². The number of hydrogen-bond acceptors (Lipinski definition) is 7. The van der Waals surface area contributed by atoms with Crippen LogP contribution in [0.1, 0.15) is 5.56 Å². The van der Waals surface area contributed by atoms with Crippen LogP contribution in [0.2, 0.25) is 0 Å². The molecule has 0 fully saturated rings. The second-order valence-electron chi connectivity index (χ2n) is 4.14. The van der Waals surface area contributed by atoms with Gasteiger partial charge < -0.3 is 15.8 Å². The van der Waals surface area contributed by atoms with Gasteiger partial charge in [-0.15, -0.1) is 10.2 Å². The first-order chi connectivity index (χ1) is 10.2. The maximum absolute atomic E-state index is 11.7. The molecule has 0 saturated heterocycles. The van der Waals surface area contributed by atoms with Crippen molar-refractivity contribution in [3.63, 3.8) is 0 Å². The lowest BCUT2D eigenvalue weighted by atomic mass is 10.1. The number of carbonyl (C=O) groups is 1. The molecule has 112 valence electrons. The molecule has 0 aliphatic rings. The molecule has 0 bridgehead atoms. The highest BCUT2D eigenvalue weighted by molar-refractivity contribution is 8.01. The Bertz CT molecular complexity index is 586. The fraction of sp³-hybridized carbons (Fsp3) is 0.308. The van der Waals surface area contributed by atoms with Gasteiger partial charge in [0.2, 0.25) is 11.0 Å². The Kier molecular flexibility index (Phi) is 5.82. The van der Waals surface area contributed by atoms with Gasteiger partial charge in [0.25, 0.3) is 0 Å². The fourth-order valence-electron chi connectivity index (χ4n) is 1.60. The summed E-state index contributed by atoms with van der Waals surface area (Å²) < 4.78 is 5.80. The standard InChI is InChI=1S/C13H16N4O2S2/c1-19-10-4-2-9(3-5-10)6-7-15-11(18)8-20-13-17-16-12(14)21-13/h2-5H,6-8H2,1H3,(H2,14,16)(H,15,18). The van der Waals surface area contributed by atoms with E-state index in [1.165, 1.54) is 23.1 Å². The number of ether oxygens (including phenoxy) is 1. The van der Waals surface area contributed by atoms with Crippen molar-refractivity contribution >= 4 is 34.1 Å². The number of hydrogen-bond donors (Lipinski definition) is 2. The van der Waals surface area contributed by atoms with Crippen LogP contribution in [0.15, 0.2) is 28.6 Å². The highest BCUT2D eigenvalue weighted by Crippen LogP contribution is 2.22. The highest BCUT2D eigenvalue weighted by atomic mass is 32.2. The van der Waals surface area contributed by atoms with Gasteiger partial charge >= 0.3 is 0 Å². The monoisotopic (exact) mass is 324 g/mol. The Balaban J connectivity index is 1.66. The van der Waals surface area contributed by atoms with Gasteiger partial charge in [0.15, 0.2) is 4.34 Å². The van der Waals surface area contributed by atoms with Crippen LogP contribution in [0.5, 0.6) is 5.75 Å². The van der Waals surface area contributed by atoms with E-state index in [1.54, 1.807) is 7.11 Å². The molecule has 6 nitrogen and oxygen atoms in total. The van der Waals surface area contributed by atoms with E-state index in [0.717, 1.165) is 17.7 Å². The summed E-state index contributed by atoms with van der Waals surface area (Å²) in [6.45, 7) is 0.601. The molecule has 2 aromatic rings. The summed E-state index contributed by atoms with van der Waals surface area (Å²) in [6.07, 6.45) is 0.784. The molecule has 1 heterocycles. The minimum Gasteiger partial charge on any atom is -0.497 e. The summed E-state index contributed by atoms with van der Waals surface area (Å²) in [5.74, 6) is 1.12. The number of nitrogens with two attached hydrogens (primary N) is 1. The molecular weight excluding hydrogens is 308 g/mol. The van der Waals surface area contributed by atoms with Crippen LogP contribution < -0.4 is 15.8 Å². The van der Waals surface area contributed by atoms with Crippen LogP contribution in [0.25, 0.3) is 0 Å². The number of methoxy groups -OCH3 is 1. The Morgan fingerprint density at radius 2 is 2.14 bits per heavy atom. The van der Waals surface area contributed by atoms with Gasteiger partial charge in [0.1, 0.15) is 5.75 Å². The number of rotatable bonds is 7. The molecular formula is C13H16N4O2S2. The van der Waals surface area contributed by atoms with E-state index in [1.807, 2.05) is 24.3 Å². The van der Waals surface area contributed by atoms with Gasteiger partial charge in [-0.2, -0.15) is 0 Å². The Morgan fingerprint density at radius 1 is 1.38 bits per heavy atom.